The summed E-state index contributed by atoms with van der Waals surface area (Å²) in [5.41, 5.74) is 1.82. The molecule has 0 aliphatic rings. The summed E-state index contributed by atoms with van der Waals surface area (Å²) in [6.07, 6.45) is 2.08. The lowest BCUT2D eigenvalue weighted by Crippen LogP contribution is -2.39. The predicted molar refractivity (Wildman–Crippen MR) is 133 cm³/mol. The summed E-state index contributed by atoms with van der Waals surface area (Å²) in [6, 6.07) is 12.8. The summed E-state index contributed by atoms with van der Waals surface area (Å²) in [4.78, 5) is 17.6. The van der Waals surface area contributed by atoms with Crippen LogP contribution < -0.4 is 0 Å². The zero-order chi connectivity index (χ0) is 25.0. The average Bonchev–Trinajstić information content (AvgIpc) is 2.82. The maximum absolute atomic E-state index is 13.4. The lowest BCUT2D eigenvalue weighted by atomic mass is 10.1. The van der Waals surface area contributed by atoms with Gasteiger partial charge in [-0.25, -0.2) is 0 Å². The molecule has 34 heavy (non-hydrogen) atoms. The summed E-state index contributed by atoms with van der Waals surface area (Å²) in [7, 11) is 0. The van der Waals surface area contributed by atoms with Gasteiger partial charge in [0.2, 0.25) is 0 Å². The third-order valence-electron chi connectivity index (χ3n) is 6.02. The van der Waals surface area contributed by atoms with Crippen LogP contribution in [0.15, 0.2) is 48.5 Å². The van der Waals surface area contributed by atoms with Gasteiger partial charge in [-0.1, -0.05) is 64.3 Å². The number of hydrogen-bond acceptors (Lipinski definition) is 2. The molecule has 0 atom stereocenters. The quantitative estimate of drug-likeness (QED) is 0.288. The maximum atomic E-state index is 13.4. The lowest BCUT2D eigenvalue weighted by molar-refractivity contribution is -0.137. The molecule has 0 N–H and O–H groups in total. The van der Waals surface area contributed by atoms with Gasteiger partial charge in [0.05, 0.1) is 5.56 Å². The van der Waals surface area contributed by atoms with Crippen molar-refractivity contribution in [1.82, 2.24) is 9.80 Å². The van der Waals surface area contributed by atoms with E-state index in [1.54, 1.807) is 4.90 Å². The summed E-state index contributed by atoms with van der Waals surface area (Å²) < 4.78 is 38.9. The third-order valence-corrected chi connectivity index (χ3v) is 6.02. The van der Waals surface area contributed by atoms with Gasteiger partial charge in [0.1, 0.15) is 0 Å². The number of alkyl halides is 3. The molecule has 0 radical (unpaired) electrons. The molecule has 2 aromatic rings. The maximum Gasteiger partial charge on any atom is 0.416 e. The normalized spacial score (nSPS) is 11.7. The van der Waals surface area contributed by atoms with Crippen LogP contribution in [-0.4, -0.2) is 41.9 Å². The van der Waals surface area contributed by atoms with Crippen molar-refractivity contribution in [3.63, 3.8) is 0 Å². The fraction of sp³-hybridized carbons (Fsp3) is 0.536. The minimum absolute atomic E-state index is 0.0890. The molecule has 2 rings (SSSR count). The fourth-order valence-corrected chi connectivity index (χ4v) is 3.92. The van der Waals surface area contributed by atoms with Gasteiger partial charge < -0.3 is 9.80 Å². The second-order valence-corrected chi connectivity index (χ2v) is 8.92. The van der Waals surface area contributed by atoms with Crippen molar-refractivity contribution in [1.29, 1.82) is 0 Å². The van der Waals surface area contributed by atoms with Gasteiger partial charge in [-0.3, -0.25) is 4.79 Å². The molecule has 0 unspecified atom stereocenters. The average molecular weight is 477 g/mol. The molecule has 0 bridgehead atoms. The van der Waals surface area contributed by atoms with Gasteiger partial charge >= 0.3 is 6.18 Å². The first-order valence-electron chi connectivity index (χ1n) is 12.5. The molecule has 0 heterocycles. The second-order valence-electron chi connectivity index (χ2n) is 8.92. The van der Waals surface area contributed by atoms with E-state index in [1.807, 2.05) is 24.3 Å². The van der Waals surface area contributed by atoms with Crippen LogP contribution in [0.3, 0.4) is 0 Å². The van der Waals surface area contributed by atoms with E-state index in [2.05, 4.69) is 25.7 Å². The van der Waals surface area contributed by atoms with E-state index in [1.165, 1.54) is 17.7 Å². The minimum atomic E-state index is -4.37. The Morgan fingerprint density at radius 2 is 1.29 bits per heavy atom. The number of hydrogen-bond donors (Lipinski definition) is 0. The number of benzene rings is 2. The van der Waals surface area contributed by atoms with Crippen molar-refractivity contribution in [2.75, 3.05) is 26.2 Å². The standard InChI is InChI=1S/C28H39F3N2O/c1-4-7-18-32(19-8-5-2)20-21-33(22-24-12-16-26(17-13-24)28(29,30)31)27(34)25-14-10-23(9-6-3)11-15-25/h10-17H,4-9,18-22H2,1-3H3. The van der Waals surface area contributed by atoms with Crippen molar-refractivity contribution in [2.24, 2.45) is 0 Å². The van der Waals surface area contributed by atoms with E-state index in [4.69, 9.17) is 0 Å². The van der Waals surface area contributed by atoms with Crippen molar-refractivity contribution in [2.45, 2.75) is 72.0 Å². The number of unbranched alkanes of at least 4 members (excludes halogenated alkanes) is 2. The molecule has 0 fully saturated rings. The highest BCUT2D eigenvalue weighted by molar-refractivity contribution is 5.94. The molecule has 0 saturated heterocycles. The first-order chi connectivity index (χ1) is 16.3. The number of aryl methyl sites for hydroxylation is 1. The van der Waals surface area contributed by atoms with Crippen molar-refractivity contribution < 1.29 is 18.0 Å². The van der Waals surface area contributed by atoms with Crippen LogP contribution in [0, 0.1) is 0 Å². The summed E-state index contributed by atoms with van der Waals surface area (Å²) in [6.45, 7) is 10.00. The number of amides is 1. The first kappa shape index (κ1) is 27.9. The number of carbonyl (C=O) groups is 1. The minimum Gasteiger partial charge on any atom is -0.333 e. The Hall–Kier alpha value is -2.34. The van der Waals surface area contributed by atoms with E-state index in [0.29, 0.717) is 17.7 Å². The largest absolute Gasteiger partial charge is 0.416 e. The van der Waals surface area contributed by atoms with Crippen molar-refractivity contribution in [3.8, 4) is 0 Å². The molecule has 188 valence electrons. The van der Waals surface area contributed by atoms with Crippen LogP contribution in [0.25, 0.3) is 0 Å². The van der Waals surface area contributed by atoms with Crippen molar-refractivity contribution in [3.05, 3.63) is 70.8 Å². The van der Waals surface area contributed by atoms with Gasteiger partial charge in [0.25, 0.3) is 5.91 Å². The van der Waals surface area contributed by atoms with Crippen LogP contribution in [0.5, 0.6) is 0 Å². The Balaban J connectivity index is 2.19. The van der Waals surface area contributed by atoms with Gasteiger partial charge in [-0.15, -0.1) is 0 Å². The Kier molecular flexibility index (Phi) is 11.6. The summed E-state index contributed by atoms with van der Waals surface area (Å²) >= 11 is 0. The van der Waals surface area contributed by atoms with Gasteiger partial charge in [0.15, 0.2) is 0 Å². The molecule has 3 nitrogen and oxygen atoms in total. The smallest absolute Gasteiger partial charge is 0.333 e. The molecule has 0 aliphatic carbocycles. The highest BCUT2D eigenvalue weighted by Gasteiger charge is 2.30. The zero-order valence-corrected chi connectivity index (χ0v) is 20.8. The number of carbonyl (C=O) groups excluding carboxylic acids is 1. The molecular formula is C28H39F3N2O. The summed E-state index contributed by atoms with van der Waals surface area (Å²) in [5, 5.41) is 0. The second kappa shape index (κ2) is 14.1. The molecule has 1 amide bonds. The zero-order valence-electron chi connectivity index (χ0n) is 20.8. The van der Waals surface area contributed by atoms with E-state index >= 15 is 0 Å². The first-order valence-corrected chi connectivity index (χ1v) is 12.5. The van der Waals surface area contributed by atoms with E-state index in [-0.39, 0.29) is 12.5 Å². The predicted octanol–water partition coefficient (Wildman–Crippen LogP) is 7.20. The van der Waals surface area contributed by atoms with Crippen molar-refractivity contribution >= 4 is 5.91 Å². The van der Waals surface area contributed by atoms with Gasteiger partial charge in [0, 0.05) is 25.2 Å². The van der Waals surface area contributed by atoms with E-state index in [0.717, 1.165) is 70.3 Å². The Morgan fingerprint density at radius 1 is 0.735 bits per heavy atom. The fourth-order valence-electron chi connectivity index (χ4n) is 3.92. The number of nitrogens with zero attached hydrogens (tertiary/aromatic N) is 2. The highest BCUT2D eigenvalue weighted by atomic mass is 19.4. The molecule has 0 aromatic heterocycles. The van der Waals surface area contributed by atoms with E-state index in [9.17, 15) is 18.0 Å². The topological polar surface area (TPSA) is 23.6 Å². The molecule has 0 saturated carbocycles. The highest BCUT2D eigenvalue weighted by Crippen LogP contribution is 2.29. The number of halogens is 3. The van der Waals surface area contributed by atoms with Crippen LogP contribution in [0.4, 0.5) is 13.2 Å². The van der Waals surface area contributed by atoms with Crippen LogP contribution in [0.2, 0.25) is 0 Å². The third kappa shape index (κ3) is 9.13. The Labute approximate surface area is 203 Å². The summed E-state index contributed by atoms with van der Waals surface area (Å²) in [5.74, 6) is -0.0890. The molecule has 0 aliphatic heterocycles. The van der Waals surface area contributed by atoms with Crippen LogP contribution >= 0.6 is 0 Å². The lowest BCUT2D eigenvalue weighted by Gasteiger charge is -2.28. The SMILES string of the molecule is CCCCN(CCCC)CCN(Cc1ccc(C(F)(F)F)cc1)C(=O)c1ccc(CCC)cc1. The molecular weight excluding hydrogens is 437 g/mol. The Morgan fingerprint density at radius 3 is 1.79 bits per heavy atom. The van der Waals surface area contributed by atoms with E-state index < -0.39 is 11.7 Å². The van der Waals surface area contributed by atoms with Crippen LogP contribution in [-0.2, 0) is 19.1 Å². The van der Waals surface area contributed by atoms with Gasteiger partial charge in [-0.2, -0.15) is 13.2 Å². The van der Waals surface area contributed by atoms with Gasteiger partial charge in [-0.05, 0) is 67.7 Å². The molecule has 2 aromatic carbocycles. The molecule has 0 spiro atoms. The number of rotatable bonds is 14. The Bertz CT molecular complexity index is 839. The van der Waals surface area contributed by atoms with Crippen LogP contribution in [0.1, 0.15) is 79.9 Å². The molecule has 6 heteroatoms. The monoisotopic (exact) mass is 476 g/mol.